The van der Waals surface area contributed by atoms with E-state index in [4.69, 9.17) is 0 Å². The molecule has 0 spiro atoms. The van der Waals surface area contributed by atoms with E-state index < -0.39 is 0 Å². The second-order valence-corrected chi connectivity index (χ2v) is 4.38. The van der Waals surface area contributed by atoms with E-state index in [9.17, 15) is 0 Å². The molecule has 2 heterocycles. The average molecular weight is 226 g/mol. The monoisotopic (exact) mass is 226 g/mol. The lowest BCUT2D eigenvalue weighted by Gasteiger charge is -2.05. The van der Waals surface area contributed by atoms with Crippen molar-refractivity contribution in [1.82, 2.24) is 9.69 Å². The minimum atomic E-state index is 1.11. The maximum absolute atomic E-state index is 4.18. The molecule has 1 N–H and O–H groups in total. The molecule has 3 rings (SSSR count). The first kappa shape index (κ1) is 9.36. The fraction of sp³-hybridized carbons (Fsp3) is 0. The number of nitrogens with zero attached hydrogens (tertiary/aromatic N) is 1. The molecule has 0 radical (unpaired) electrons. The Labute approximate surface area is 97.8 Å². The van der Waals surface area contributed by atoms with E-state index in [0.717, 1.165) is 5.70 Å². The van der Waals surface area contributed by atoms with Gasteiger partial charge in [0.25, 0.3) is 0 Å². The highest BCUT2D eigenvalue weighted by atomic mass is 32.1. The normalized spacial score (nSPS) is 14.6. The van der Waals surface area contributed by atoms with Crippen molar-refractivity contribution in [3.05, 3.63) is 60.5 Å². The summed E-state index contributed by atoms with van der Waals surface area (Å²) < 4.78 is 5.40. The Bertz CT molecular complexity index is 605. The van der Waals surface area contributed by atoms with E-state index in [-0.39, 0.29) is 0 Å². The summed E-state index contributed by atoms with van der Waals surface area (Å²) in [5.74, 6) is 0. The van der Waals surface area contributed by atoms with Crippen LogP contribution in [0.3, 0.4) is 0 Å². The Kier molecular flexibility index (Phi) is 2.31. The van der Waals surface area contributed by atoms with Gasteiger partial charge in [-0.15, -0.1) is 0 Å². The maximum atomic E-state index is 4.18. The van der Waals surface area contributed by atoms with Crippen molar-refractivity contribution in [1.29, 1.82) is 0 Å². The largest absolute Gasteiger partial charge is 0.361 e. The van der Waals surface area contributed by atoms with Crippen molar-refractivity contribution in [3.8, 4) is 0 Å². The lowest BCUT2D eigenvalue weighted by Crippen LogP contribution is -2.02. The Morgan fingerprint density at radius 3 is 3.12 bits per heavy atom. The van der Waals surface area contributed by atoms with Gasteiger partial charge in [0.15, 0.2) is 0 Å². The Balaban J connectivity index is 2.08. The van der Waals surface area contributed by atoms with Crippen LogP contribution in [0.2, 0.25) is 0 Å². The molecule has 1 aromatic heterocycles. The number of hydrogen-bond donors (Lipinski definition) is 1. The topological polar surface area (TPSA) is 24.9 Å². The molecular weight excluding hydrogens is 216 g/mol. The minimum Gasteiger partial charge on any atom is -0.361 e. The molecule has 0 fully saturated rings. The average Bonchev–Trinajstić information content (AvgIpc) is 2.61. The zero-order valence-electron chi connectivity index (χ0n) is 8.55. The molecule has 0 aliphatic carbocycles. The van der Waals surface area contributed by atoms with Crippen molar-refractivity contribution < 1.29 is 0 Å². The highest BCUT2D eigenvalue weighted by Gasteiger charge is 2.02. The lowest BCUT2D eigenvalue weighted by atomic mass is 10.1. The van der Waals surface area contributed by atoms with Gasteiger partial charge >= 0.3 is 0 Å². The van der Waals surface area contributed by atoms with Gasteiger partial charge in [-0.3, -0.25) is 0 Å². The molecule has 3 heteroatoms. The van der Waals surface area contributed by atoms with Crippen LogP contribution in [0.15, 0.2) is 54.9 Å². The van der Waals surface area contributed by atoms with Crippen LogP contribution in [0.5, 0.6) is 0 Å². The van der Waals surface area contributed by atoms with Crippen molar-refractivity contribution in [2.45, 2.75) is 0 Å². The van der Waals surface area contributed by atoms with Crippen LogP contribution in [-0.4, -0.2) is 4.37 Å². The Morgan fingerprint density at radius 2 is 2.12 bits per heavy atom. The summed E-state index contributed by atoms with van der Waals surface area (Å²) in [4.78, 5) is 0. The second-order valence-electron chi connectivity index (χ2n) is 3.55. The van der Waals surface area contributed by atoms with Gasteiger partial charge in [-0.2, -0.15) is 4.37 Å². The molecule has 0 saturated carbocycles. The van der Waals surface area contributed by atoms with Crippen LogP contribution >= 0.6 is 11.5 Å². The van der Waals surface area contributed by atoms with Crippen LogP contribution in [-0.2, 0) is 0 Å². The second kappa shape index (κ2) is 3.94. The van der Waals surface area contributed by atoms with Gasteiger partial charge < -0.3 is 5.32 Å². The quantitative estimate of drug-likeness (QED) is 0.807. The summed E-state index contributed by atoms with van der Waals surface area (Å²) in [5, 5.41) is 4.46. The van der Waals surface area contributed by atoms with E-state index in [2.05, 4.69) is 34.0 Å². The summed E-state index contributed by atoms with van der Waals surface area (Å²) in [6.07, 6.45) is 11.9. The van der Waals surface area contributed by atoms with Gasteiger partial charge in [-0.25, -0.2) is 0 Å². The third-order valence-electron chi connectivity index (χ3n) is 2.49. The number of benzene rings is 1. The zero-order valence-corrected chi connectivity index (χ0v) is 9.37. The third-order valence-corrected chi connectivity index (χ3v) is 3.25. The molecule has 1 aromatic carbocycles. The SMILES string of the molecule is C1=CC=C(c2ccc3cnsc3c2)NC=C1. The molecule has 78 valence electrons. The predicted octanol–water partition coefficient (Wildman–Crippen LogP) is 3.31. The number of allylic oxidation sites excluding steroid dienone is 4. The molecule has 2 nitrogen and oxygen atoms in total. The van der Waals surface area contributed by atoms with Gasteiger partial charge in [0, 0.05) is 23.5 Å². The molecule has 16 heavy (non-hydrogen) atoms. The summed E-state index contributed by atoms with van der Waals surface area (Å²) in [7, 11) is 0. The van der Waals surface area contributed by atoms with Gasteiger partial charge in [0.05, 0.1) is 4.70 Å². The third kappa shape index (κ3) is 1.66. The van der Waals surface area contributed by atoms with Crippen molar-refractivity contribution in [2.24, 2.45) is 0 Å². The lowest BCUT2D eigenvalue weighted by molar-refractivity contribution is 1.22. The van der Waals surface area contributed by atoms with Crippen molar-refractivity contribution >= 4 is 27.3 Å². The first-order valence-corrected chi connectivity index (χ1v) is 5.86. The molecule has 0 unspecified atom stereocenters. The number of nitrogens with one attached hydrogen (secondary N) is 1. The van der Waals surface area contributed by atoms with E-state index in [1.54, 1.807) is 0 Å². The summed E-state index contributed by atoms with van der Waals surface area (Å²) in [6.45, 7) is 0. The van der Waals surface area contributed by atoms with E-state index in [0.29, 0.717) is 0 Å². The first-order chi connectivity index (χ1) is 7.93. The number of fused-ring (bicyclic) bond motifs is 1. The summed E-state index contributed by atoms with van der Waals surface area (Å²) in [6, 6.07) is 6.39. The van der Waals surface area contributed by atoms with Crippen LogP contribution in [0.4, 0.5) is 0 Å². The molecule has 0 amide bonds. The minimum absolute atomic E-state index is 1.11. The molecule has 0 atom stereocenters. The Hall–Kier alpha value is -1.87. The van der Waals surface area contributed by atoms with E-state index >= 15 is 0 Å². The van der Waals surface area contributed by atoms with Gasteiger partial charge in [0.2, 0.25) is 0 Å². The molecule has 1 aliphatic heterocycles. The number of hydrogen-bond acceptors (Lipinski definition) is 3. The van der Waals surface area contributed by atoms with Crippen LogP contribution < -0.4 is 5.32 Å². The predicted molar refractivity (Wildman–Crippen MR) is 69.0 cm³/mol. The summed E-state index contributed by atoms with van der Waals surface area (Å²) in [5.41, 5.74) is 2.30. The smallest absolute Gasteiger partial charge is 0.0556 e. The van der Waals surface area contributed by atoms with Gasteiger partial charge in [-0.05, 0) is 35.3 Å². The fourth-order valence-corrected chi connectivity index (χ4v) is 2.35. The molecule has 2 aromatic rings. The number of rotatable bonds is 1. The van der Waals surface area contributed by atoms with Crippen molar-refractivity contribution in [3.63, 3.8) is 0 Å². The van der Waals surface area contributed by atoms with Crippen LogP contribution in [0, 0.1) is 0 Å². The van der Waals surface area contributed by atoms with E-state index in [1.165, 1.54) is 27.2 Å². The van der Waals surface area contributed by atoms with E-state index in [1.807, 2.05) is 30.6 Å². The Morgan fingerprint density at radius 1 is 1.12 bits per heavy atom. The van der Waals surface area contributed by atoms with Crippen molar-refractivity contribution in [2.75, 3.05) is 0 Å². The van der Waals surface area contributed by atoms with Gasteiger partial charge in [0.1, 0.15) is 0 Å². The standard InChI is InChI=1S/C13H10N2S/c1-2-4-12(14-7-3-1)10-5-6-11-9-15-16-13(11)8-10/h1-9,14H. The number of aromatic nitrogens is 1. The van der Waals surface area contributed by atoms with Crippen LogP contribution in [0.1, 0.15) is 5.56 Å². The molecule has 1 aliphatic rings. The van der Waals surface area contributed by atoms with Gasteiger partial charge in [-0.1, -0.05) is 24.3 Å². The molecular formula is C13H10N2S. The molecule has 0 bridgehead atoms. The fourth-order valence-electron chi connectivity index (χ4n) is 1.66. The zero-order chi connectivity index (χ0) is 10.8. The highest BCUT2D eigenvalue weighted by molar-refractivity contribution is 7.13. The molecule has 0 saturated heterocycles. The van der Waals surface area contributed by atoms with Crippen LogP contribution in [0.25, 0.3) is 15.8 Å². The summed E-state index contributed by atoms with van der Waals surface area (Å²) >= 11 is 1.53. The first-order valence-electron chi connectivity index (χ1n) is 5.08. The maximum Gasteiger partial charge on any atom is 0.0556 e. The highest BCUT2D eigenvalue weighted by Crippen LogP contribution is 2.23.